The number of fused-ring (bicyclic) bond motifs is 1. The molecule has 76 valence electrons. The van der Waals surface area contributed by atoms with E-state index in [1.54, 1.807) is 11.3 Å². The number of aromatic nitrogens is 1. The van der Waals surface area contributed by atoms with E-state index >= 15 is 0 Å². The van der Waals surface area contributed by atoms with E-state index in [0.717, 1.165) is 33.8 Å². The molecular weight excluding hydrogens is 206 g/mol. The summed E-state index contributed by atoms with van der Waals surface area (Å²) < 4.78 is 1.13. The van der Waals surface area contributed by atoms with Gasteiger partial charge in [0.15, 0.2) is 0 Å². The molecular formula is C11H11N3S. The highest BCUT2D eigenvalue weighted by Crippen LogP contribution is 2.24. The van der Waals surface area contributed by atoms with Crippen molar-refractivity contribution in [2.75, 3.05) is 5.73 Å². The van der Waals surface area contributed by atoms with Crippen molar-refractivity contribution in [2.24, 2.45) is 0 Å². The lowest BCUT2D eigenvalue weighted by Crippen LogP contribution is -1.82. The second-order valence-electron chi connectivity index (χ2n) is 3.35. The molecule has 0 radical (unpaired) electrons. The molecule has 2 rings (SSSR count). The van der Waals surface area contributed by atoms with Crippen LogP contribution in [-0.4, -0.2) is 4.98 Å². The van der Waals surface area contributed by atoms with Crippen molar-refractivity contribution in [1.29, 1.82) is 5.26 Å². The van der Waals surface area contributed by atoms with Gasteiger partial charge in [0.25, 0.3) is 0 Å². The number of unbranched alkanes of at least 4 members (excludes halogenated alkanes) is 1. The SMILES string of the molecule is N#CCCCc1nc2ccc(N)cc2s1. The molecule has 0 atom stereocenters. The molecule has 2 aromatic rings. The monoisotopic (exact) mass is 217 g/mol. The van der Waals surface area contributed by atoms with E-state index in [4.69, 9.17) is 11.0 Å². The normalized spacial score (nSPS) is 10.3. The van der Waals surface area contributed by atoms with Crippen LogP contribution < -0.4 is 5.73 Å². The van der Waals surface area contributed by atoms with Gasteiger partial charge in [-0.1, -0.05) is 0 Å². The van der Waals surface area contributed by atoms with Crippen molar-refractivity contribution >= 4 is 27.2 Å². The molecule has 0 saturated heterocycles. The van der Waals surface area contributed by atoms with Gasteiger partial charge in [-0.05, 0) is 24.6 Å². The number of benzene rings is 1. The lowest BCUT2D eigenvalue weighted by Gasteiger charge is -1.89. The predicted octanol–water partition coefficient (Wildman–Crippen LogP) is 2.72. The Bertz CT molecular complexity index is 510. The molecule has 0 spiro atoms. The average molecular weight is 217 g/mol. The maximum absolute atomic E-state index is 8.44. The Kier molecular flexibility index (Phi) is 2.84. The highest BCUT2D eigenvalue weighted by atomic mass is 32.1. The van der Waals surface area contributed by atoms with Gasteiger partial charge in [-0.15, -0.1) is 11.3 Å². The van der Waals surface area contributed by atoms with Crippen molar-refractivity contribution in [2.45, 2.75) is 19.3 Å². The molecule has 1 aromatic heterocycles. The van der Waals surface area contributed by atoms with Gasteiger partial charge >= 0.3 is 0 Å². The molecule has 0 saturated carbocycles. The van der Waals surface area contributed by atoms with E-state index in [2.05, 4.69) is 11.1 Å². The second kappa shape index (κ2) is 4.28. The van der Waals surface area contributed by atoms with Gasteiger partial charge in [-0.2, -0.15) is 5.26 Å². The smallest absolute Gasteiger partial charge is 0.0938 e. The highest BCUT2D eigenvalue weighted by Gasteiger charge is 2.03. The zero-order chi connectivity index (χ0) is 10.7. The minimum atomic E-state index is 0.595. The summed E-state index contributed by atoms with van der Waals surface area (Å²) in [5.41, 5.74) is 7.46. The van der Waals surface area contributed by atoms with Crippen molar-refractivity contribution in [3.63, 3.8) is 0 Å². The fourth-order valence-corrected chi connectivity index (χ4v) is 2.47. The summed E-state index contributed by atoms with van der Waals surface area (Å²) in [5, 5.41) is 9.53. The van der Waals surface area contributed by atoms with Crippen molar-refractivity contribution in [1.82, 2.24) is 4.98 Å². The van der Waals surface area contributed by atoms with Gasteiger partial charge in [0.2, 0.25) is 0 Å². The van der Waals surface area contributed by atoms with Crippen LogP contribution in [0.3, 0.4) is 0 Å². The fraction of sp³-hybridized carbons (Fsp3) is 0.273. The number of thiazole rings is 1. The maximum Gasteiger partial charge on any atom is 0.0938 e. The van der Waals surface area contributed by atoms with Gasteiger partial charge in [-0.25, -0.2) is 4.98 Å². The summed E-state index contributed by atoms with van der Waals surface area (Å²) >= 11 is 1.66. The number of nitrogen functional groups attached to an aromatic ring is 1. The first-order valence-corrected chi connectivity index (χ1v) is 5.63. The topological polar surface area (TPSA) is 62.7 Å². The van der Waals surface area contributed by atoms with Crippen LogP contribution in [0.15, 0.2) is 18.2 Å². The van der Waals surface area contributed by atoms with Crippen LogP contribution >= 0.6 is 11.3 Å². The number of rotatable bonds is 3. The minimum absolute atomic E-state index is 0.595. The third-order valence-electron chi connectivity index (χ3n) is 2.14. The molecule has 0 unspecified atom stereocenters. The zero-order valence-electron chi connectivity index (χ0n) is 8.23. The molecule has 1 heterocycles. The third kappa shape index (κ3) is 2.25. The Balaban J connectivity index is 2.20. The molecule has 0 amide bonds. The Morgan fingerprint density at radius 3 is 3.13 bits per heavy atom. The number of nitrogens with two attached hydrogens (primary N) is 1. The highest BCUT2D eigenvalue weighted by molar-refractivity contribution is 7.18. The Morgan fingerprint density at radius 2 is 2.33 bits per heavy atom. The first-order valence-electron chi connectivity index (χ1n) is 4.81. The van der Waals surface area contributed by atoms with Gasteiger partial charge in [0, 0.05) is 18.5 Å². The minimum Gasteiger partial charge on any atom is -0.399 e. The number of anilines is 1. The summed E-state index contributed by atoms with van der Waals surface area (Å²) in [7, 11) is 0. The van der Waals surface area contributed by atoms with Gasteiger partial charge in [0.05, 0.1) is 21.3 Å². The summed E-state index contributed by atoms with van der Waals surface area (Å²) in [5.74, 6) is 0. The molecule has 0 aliphatic heterocycles. The standard InChI is InChI=1S/C11H11N3S/c12-6-2-1-3-11-14-9-5-4-8(13)7-10(9)15-11/h4-5,7H,1-3,13H2. The molecule has 2 N–H and O–H groups in total. The molecule has 15 heavy (non-hydrogen) atoms. The van der Waals surface area contributed by atoms with Crippen molar-refractivity contribution in [3.05, 3.63) is 23.2 Å². The third-order valence-corrected chi connectivity index (χ3v) is 3.21. The first kappa shape index (κ1) is 9.94. The quantitative estimate of drug-likeness (QED) is 0.635. The number of hydrogen-bond donors (Lipinski definition) is 1. The van der Waals surface area contributed by atoms with Gasteiger partial charge < -0.3 is 5.73 Å². The number of aryl methyl sites for hydroxylation is 1. The average Bonchev–Trinajstić information content (AvgIpc) is 2.60. The molecule has 0 bridgehead atoms. The first-order chi connectivity index (χ1) is 7.29. The molecule has 0 fully saturated rings. The Morgan fingerprint density at radius 1 is 1.47 bits per heavy atom. The van der Waals surface area contributed by atoms with E-state index in [1.807, 2.05) is 18.2 Å². The number of nitrogens with zero attached hydrogens (tertiary/aromatic N) is 2. The van der Waals surface area contributed by atoms with Gasteiger partial charge in [-0.3, -0.25) is 0 Å². The second-order valence-corrected chi connectivity index (χ2v) is 4.46. The Labute approximate surface area is 92.2 Å². The van der Waals surface area contributed by atoms with Crippen LogP contribution in [0.1, 0.15) is 17.8 Å². The number of hydrogen-bond acceptors (Lipinski definition) is 4. The molecule has 4 heteroatoms. The summed E-state index contributed by atoms with van der Waals surface area (Å²) in [6.45, 7) is 0. The predicted molar refractivity (Wildman–Crippen MR) is 62.6 cm³/mol. The largest absolute Gasteiger partial charge is 0.399 e. The zero-order valence-corrected chi connectivity index (χ0v) is 9.05. The van der Waals surface area contributed by atoms with E-state index in [-0.39, 0.29) is 0 Å². The summed E-state index contributed by atoms with van der Waals surface area (Å²) in [4.78, 5) is 4.48. The molecule has 3 nitrogen and oxygen atoms in total. The summed E-state index contributed by atoms with van der Waals surface area (Å²) in [6.07, 6.45) is 2.36. The van der Waals surface area contributed by atoms with Gasteiger partial charge in [0.1, 0.15) is 0 Å². The number of nitriles is 1. The van der Waals surface area contributed by atoms with E-state index in [9.17, 15) is 0 Å². The van der Waals surface area contributed by atoms with E-state index in [1.165, 1.54) is 0 Å². The lowest BCUT2D eigenvalue weighted by molar-refractivity contribution is 0.845. The van der Waals surface area contributed by atoms with Crippen LogP contribution in [0.4, 0.5) is 5.69 Å². The molecule has 1 aromatic carbocycles. The van der Waals surface area contributed by atoms with Crippen LogP contribution in [0, 0.1) is 11.3 Å². The van der Waals surface area contributed by atoms with Crippen LogP contribution in [0.2, 0.25) is 0 Å². The summed E-state index contributed by atoms with van der Waals surface area (Å²) in [6, 6.07) is 7.88. The van der Waals surface area contributed by atoms with Crippen LogP contribution in [0.5, 0.6) is 0 Å². The molecule has 0 aliphatic rings. The van der Waals surface area contributed by atoms with Crippen LogP contribution in [-0.2, 0) is 6.42 Å². The maximum atomic E-state index is 8.44. The van der Waals surface area contributed by atoms with E-state index < -0.39 is 0 Å². The van der Waals surface area contributed by atoms with Crippen molar-refractivity contribution < 1.29 is 0 Å². The van der Waals surface area contributed by atoms with Crippen molar-refractivity contribution in [3.8, 4) is 6.07 Å². The lowest BCUT2D eigenvalue weighted by atomic mass is 10.2. The van der Waals surface area contributed by atoms with Crippen LogP contribution in [0.25, 0.3) is 10.2 Å². The van der Waals surface area contributed by atoms with E-state index in [0.29, 0.717) is 6.42 Å². The molecule has 0 aliphatic carbocycles. The Hall–Kier alpha value is -1.60. The fourth-order valence-electron chi connectivity index (χ4n) is 1.41.